The van der Waals surface area contributed by atoms with E-state index in [4.69, 9.17) is 22.7 Å². The Balaban J connectivity index is 2.19. The molecule has 1 unspecified atom stereocenters. The van der Waals surface area contributed by atoms with Crippen LogP contribution in [-0.4, -0.2) is 15.9 Å². The van der Waals surface area contributed by atoms with E-state index in [1.807, 2.05) is 6.07 Å². The van der Waals surface area contributed by atoms with Crippen molar-refractivity contribution in [2.75, 3.05) is 0 Å². The summed E-state index contributed by atoms with van der Waals surface area (Å²) in [5.41, 5.74) is 6.57. The van der Waals surface area contributed by atoms with Crippen molar-refractivity contribution < 1.29 is 9.53 Å². The van der Waals surface area contributed by atoms with Crippen molar-refractivity contribution in [2.45, 2.75) is 6.10 Å². The van der Waals surface area contributed by atoms with E-state index in [2.05, 4.69) is 4.98 Å². The number of hydrogen-bond donors (Lipinski definition) is 1. The lowest BCUT2D eigenvalue weighted by atomic mass is 10.2. The van der Waals surface area contributed by atoms with E-state index >= 15 is 0 Å². The Bertz CT molecular complexity index is 573. The Hall–Kier alpha value is -2.27. The molecule has 2 aromatic rings. The normalized spacial score (nSPS) is 11.6. The van der Waals surface area contributed by atoms with Gasteiger partial charge in [-0.3, -0.25) is 4.98 Å². The SMILES string of the molecule is NC(=S)C(OC(=O)c1ccccc1)c1ccccn1. The van der Waals surface area contributed by atoms with Crippen molar-refractivity contribution in [1.29, 1.82) is 0 Å². The molecule has 2 rings (SSSR count). The molecular formula is C14H12N2O2S. The van der Waals surface area contributed by atoms with Gasteiger partial charge in [-0.25, -0.2) is 4.79 Å². The summed E-state index contributed by atoms with van der Waals surface area (Å²) >= 11 is 4.93. The molecule has 0 fully saturated rings. The van der Waals surface area contributed by atoms with Crippen molar-refractivity contribution in [3.05, 3.63) is 66.0 Å². The van der Waals surface area contributed by atoms with Gasteiger partial charge in [-0.05, 0) is 24.3 Å². The van der Waals surface area contributed by atoms with Crippen LogP contribution >= 0.6 is 12.2 Å². The van der Waals surface area contributed by atoms with Gasteiger partial charge in [0.15, 0.2) is 6.10 Å². The highest BCUT2D eigenvalue weighted by molar-refractivity contribution is 7.80. The fourth-order valence-electron chi connectivity index (χ4n) is 1.54. The molecule has 1 atom stereocenters. The Morgan fingerprint density at radius 2 is 1.84 bits per heavy atom. The van der Waals surface area contributed by atoms with Crippen LogP contribution in [0, 0.1) is 0 Å². The number of carbonyl (C=O) groups excluding carboxylic acids is 1. The number of nitrogens with zero attached hydrogens (tertiary/aromatic N) is 1. The van der Waals surface area contributed by atoms with Crippen molar-refractivity contribution in [3.63, 3.8) is 0 Å². The molecule has 96 valence electrons. The molecule has 0 bridgehead atoms. The third-order valence-electron chi connectivity index (χ3n) is 2.45. The largest absolute Gasteiger partial charge is 0.445 e. The highest BCUT2D eigenvalue weighted by atomic mass is 32.1. The van der Waals surface area contributed by atoms with Crippen LogP contribution in [0.4, 0.5) is 0 Å². The van der Waals surface area contributed by atoms with E-state index in [0.717, 1.165) is 0 Å². The van der Waals surface area contributed by atoms with Crippen molar-refractivity contribution >= 4 is 23.2 Å². The minimum absolute atomic E-state index is 0.0722. The Labute approximate surface area is 116 Å². The summed E-state index contributed by atoms with van der Waals surface area (Å²) in [5, 5.41) is 0. The lowest BCUT2D eigenvalue weighted by Gasteiger charge is -2.15. The maximum absolute atomic E-state index is 12.0. The van der Waals surface area contributed by atoms with Gasteiger partial charge in [0.1, 0.15) is 4.99 Å². The Kier molecular flexibility index (Phi) is 4.20. The minimum atomic E-state index is -0.816. The standard InChI is InChI=1S/C14H12N2O2S/c15-13(19)12(11-8-4-5-9-16-11)18-14(17)10-6-2-1-3-7-10/h1-9,12H,(H2,15,19). The molecule has 0 aliphatic heterocycles. The number of esters is 1. The zero-order valence-electron chi connectivity index (χ0n) is 10.0. The number of carbonyl (C=O) groups is 1. The molecule has 0 saturated heterocycles. The van der Waals surface area contributed by atoms with Gasteiger partial charge in [-0.1, -0.05) is 36.5 Å². The maximum Gasteiger partial charge on any atom is 0.339 e. The van der Waals surface area contributed by atoms with E-state index < -0.39 is 12.1 Å². The lowest BCUT2D eigenvalue weighted by Crippen LogP contribution is -2.25. The first kappa shape index (κ1) is 13.2. The summed E-state index contributed by atoms with van der Waals surface area (Å²) < 4.78 is 5.32. The van der Waals surface area contributed by atoms with Crippen molar-refractivity contribution in [3.8, 4) is 0 Å². The highest BCUT2D eigenvalue weighted by Gasteiger charge is 2.21. The number of hydrogen-bond acceptors (Lipinski definition) is 4. The molecule has 0 aliphatic carbocycles. The number of rotatable bonds is 4. The summed E-state index contributed by atoms with van der Waals surface area (Å²) in [6.07, 6.45) is 0.778. The van der Waals surface area contributed by atoms with Gasteiger partial charge in [0.2, 0.25) is 0 Å². The molecule has 1 heterocycles. The van der Waals surface area contributed by atoms with Crippen molar-refractivity contribution in [2.24, 2.45) is 5.73 Å². The van der Waals surface area contributed by atoms with Gasteiger partial charge in [-0.15, -0.1) is 0 Å². The average molecular weight is 272 g/mol. The quantitative estimate of drug-likeness (QED) is 0.683. The Morgan fingerprint density at radius 1 is 1.16 bits per heavy atom. The van der Waals surface area contributed by atoms with Gasteiger partial charge >= 0.3 is 5.97 Å². The van der Waals surface area contributed by atoms with Crippen LogP contribution < -0.4 is 5.73 Å². The number of benzene rings is 1. The first-order valence-electron chi connectivity index (χ1n) is 5.65. The molecule has 4 nitrogen and oxygen atoms in total. The second-order valence-corrected chi connectivity index (χ2v) is 4.28. The zero-order valence-corrected chi connectivity index (χ0v) is 10.8. The average Bonchev–Trinajstić information content (AvgIpc) is 2.46. The van der Waals surface area contributed by atoms with Gasteiger partial charge in [0, 0.05) is 6.20 Å². The number of nitrogens with two attached hydrogens (primary N) is 1. The zero-order chi connectivity index (χ0) is 13.7. The number of aromatic nitrogens is 1. The first-order valence-corrected chi connectivity index (χ1v) is 6.05. The third-order valence-corrected chi connectivity index (χ3v) is 2.66. The first-order chi connectivity index (χ1) is 9.18. The number of pyridine rings is 1. The second kappa shape index (κ2) is 6.06. The summed E-state index contributed by atoms with van der Waals surface area (Å²) in [6.45, 7) is 0. The van der Waals surface area contributed by atoms with Gasteiger partial charge in [0.25, 0.3) is 0 Å². The van der Waals surface area contributed by atoms with Crippen LogP contribution in [0.25, 0.3) is 0 Å². The summed E-state index contributed by atoms with van der Waals surface area (Å²) in [6, 6.07) is 13.9. The van der Waals surface area contributed by atoms with Crippen LogP contribution in [0.5, 0.6) is 0 Å². The predicted octanol–water partition coefficient (Wildman–Crippen LogP) is 2.27. The monoisotopic (exact) mass is 272 g/mol. The van der Waals surface area contributed by atoms with E-state index in [0.29, 0.717) is 11.3 Å². The second-order valence-electron chi connectivity index (χ2n) is 3.81. The molecule has 0 radical (unpaired) electrons. The van der Waals surface area contributed by atoms with E-state index in [-0.39, 0.29) is 4.99 Å². The molecular weight excluding hydrogens is 260 g/mol. The van der Waals surface area contributed by atoms with Crippen molar-refractivity contribution in [1.82, 2.24) is 4.98 Å². The van der Waals surface area contributed by atoms with Crippen LogP contribution in [0.15, 0.2) is 54.7 Å². The molecule has 0 spiro atoms. The highest BCUT2D eigenvalue weighted by Crippen LogP contribution is 2.17. The minimum Gasteiger partial charge on any atom is -0.445 e. The molecule has 0 aliphatic rings. The predicted molar refractivity (Wildman–Crippen MR) is 75.6 cm³/mol. The summed E-state index contributed by atoms with van der Waals surface area (Å²) in [4.78, 5) is 16.1. The molecule has 5 heteroatoms. The van der Waals surface area contributed by atoms with E-state index in [1.165, 1.54) is 0 Å². The number of ether oxygens (including phenoxy) is 1. The fraction of sp³-hybridized carbons (Fsp3) is 0.0714. The molecule has 1 aromatic heterocycles. The summed E-state index contributed by atoms with van der Waals surface area (Å²) in [7, 11) is 0. The smallest absolute Gasteiger partial charge is 0.339 e. The fourth-order valence-corrected chi connectivity index (χ4v) is 1.71. The van der Waals surface area contributed by atoms with Crippen LogP contribution in [0.2, 0.25) is 0 Å². The lowest BCUT2D eigenvalue weighted by molar-refractivity contribution is 0.0419. The third kappa shape index (κ3) is 3.35. The van der Waals surface area contributed by atoms with Gasteiger partial charge in [-0.2, -0.15) is 0 Å². The number of thiocarbonyl (C=S) groups is 1. The van der Waals surface area contributed by atoms with Crippen LogP contribution in [-0.2, 0) is 4.74 Å². The molecule has 0 amide bonds. The van der Waals surface area contributed by atoms with Gasteiger partial charge < -0.3 is 10.5 Å². The van der Waals surface area contributed by atoms with Gasteiger partial charge in [0.05, 0.1) is 11.3 Å². The maximum atomic E-state index is 12.0. The molecule has 0 saturated carbocycles. The molecule has 1 aromatic carbocycles. The molecule has 2 N–H and O–H groups in total. The van der Waals surface area contributed by atoms with E-state index in [1.54, 1.807) is 48.7 Å². The van der Waals surface area contributed by atoms with Crippen LogP contribution in [0.3, 0.4) is 0 Å². The Morgan fingerprint density at radius 3 is 2.42 bits per heavy atom. The summed E-state index contributed by atoms with van der Waals surface area (Å²) in [5.74, 6) is -0.482. The van der Waals surface area contributed by atoms with Crippen LogP contribution in [0.1, 0.15) is 22.2 Å². The van der Waals surface area contributed by atoms with E-state index in [9.17, 15) is 4.79 Å². The molecule has 19 heavy (non-hydrogen) atoms. The topological polar surface area (TPSA) is 65.2 Å².